The van der Waals surface area contributed by atoms with Gasteiger partial charge in [0.05, 0.1) is 0 Å². The Morgan fingerprint density at radius 3 is 2.57 bits per heavy atom. The number of nitrogens with one attached hydrogen (secondary N) is 1. The topological polar surface area (TPSA) is 64.3 Å². The zero-order valence-electron chi connectivity index (χ0n) is 13.5. The lowest BCUT2D eigenvalue weighted by atomic mass is 10.0. The average molecular weight is 333 g/mol. The Bertz CT molecular complexity index is 708. The van der Waals surface area contributed by atoms with E-state index < -0.39 is 11.7 Å². The standard InChI is InChI=1S/C18H21ClN2O2/c1-18(2,3)23-17(22)21-11-12-7-8-15(16(20)9-12)13-5-4-6-14(19)10-13/h4-10H,11,20H2,1-3H3,(H,21,22). The van der Waals surface area contributed by atoms with E-state index in [9.17, 15) is 4.79 Å². The predicted molar refractivity (Wildman–Crippen MR) is 94.4 cm³/mol. The van der Waals surface area contributed by atoms with Crippen molar-refractivity contribution in [1.82, 2.24) is 5.32 Å². The van der Waals surface area contributed by atoms with Gasteiger partial charge in [0.1, 0.15) is 5.60 Å². The second-order valence-corrected chi connectivity index (χ2v) is 6.72. The Balaban J connectivity index is 2.06. The van der Waals surface area contributed by atoms with E-state index >= 15 is 0 Å². The molecule has 0 atom stereocenters. The monoisotopic (exact) mass is 332 g/mol. The molecule has 0 fully saturated rings. The van der Waals surface area contributed by atoms with Crippen molar-refractivity contribution in [3.63, 3.8) is 0 Å². The number of ether oxygens (including phenoxy) is 1. The molecule has 0 spiro atoms. The normalized spacial score (nSPS) is 11.1. The van der Waals surface area contributed by atoms with Crippen LogP contribution in [0.2, 0.25) is 5.02 Å². The van der Waals surface area contributed by atoms with Gasteiger partial charge in [0.15, 0.2) is 0 Å². The molecular formula is C18H21ClN2O2. The molecule has 2 aromatic rings. The number of halogens is 1. The van der Waals surface area contributed by atoms with Crippen LogP contribution < -0.4 is 11.1 Å². The number of rotatable bonds is 3. The number of amides is 1. The summed E-state index contributed by atoms with van der Waals surface area (Å²) < 4.78 is 5.20. The molecule has 0 aliphatic carbocycles. The van der Waals surface area contributed by atoms with Crippen LogP contribution in [-0.4, -0.2) is 11.7 Å². The van der Waals surface area contributed by atoms with Crippen molar-refractivity contribution in [2.45, 2.75) is 32.9 Å². The molecule has 0 saturated carbocycles. The van der Waals surface area contributed by atoms with Crippen LogP contribution in [0.4, 0.5) is 10.5 Å². The quantitative estimate of drug-likeness (QED) is 0.806. The predicted octanol–water partition coefficient (Wildman–Crippen LogP) is 4.61. The molecule has 23 heavy (non-hydrogen) atoms. The van der Waals surface area contributed by atoms with E-state index in [0.29, 0.717) is 17.3 Å². The fourth-order valence-corrected chi connectivity index (χ4v) is 2.32. The van der Waals surface area contributed by atoms with Crippen LogP contribution in [-0.2, 0) is 11.3 Å². The summed E-state index contributed by atoms with van der Waals surface area (Å²) in [5, 5.41) is 3.38. The van der Waals surface area contributed by atoms with Crippen molar-refractivity contribution in [1.29, 1.82) is 0 Å². The smallest absolute Gasteiger partial charge is 0.407 e. The third-order valence-electron chi connectivity index (χ3n) is 3.09. The lowest BCUT2D eigenvalue weighted by Crippen LogP contribution is -2.32. The molecule has 0 heterocycles. The van der Waals surface area contributed by atoms with Crippen LogP contribution in [0.3, 0.4) is 0 Å². The Morgan fingerprint density at radius 1 is 1.22 bits per heavy atom. The lowest BCUT2D eigenvalue weighted by Gasteiger charge is -2.19. The average Bonchev–Trinajstić information content (AvgIpc) is 2.43. The summed E-state index contributed by atoms with van der Waals surface area (Å²) in [5.74, 6) is 0. The SMILES string of the molecule is CC(C)(C)OC(=O)NCc1ccc(-c2cccc(Cl)c2)c(N)c1. The zero-order chi connectivity index (χ0) is 17.0. The highest BCUT2D eigenvalue weighted by molar-refractivity contribution is 6.30. The Hall–Kier alpha value is -2.20. The Labute approximate surface area is 141 Å². The van der Waals surface area contributed by atoms with Gasteiger partial charge in [-0.05, 0) is 50.1 Å². The maximum absolute atomic E-state index is 11.7. The van der Waals surface area contributed by atoms with E-state index in [1.807, 2.05) is 63.2 Å². The highest BCUT2D eigenvalue weighted by Gasteiger charge is 2.15. The van der Waals surface area contributed by atoms with Gasteiger partial charge in [-0.1, -0.05) is 35.9 Å². The lowest BCUT2D eigenvalue weighted by molar-refractivity contribution is 0.0523. The van der Waals surface area contributed by atoms with Crippen molar-refractivity contribution in [3.8, 4) is 11.1 Å². The third kappa shape index (κ3) is 5.18. The molecule has 2 aromatic carbocycles. The number of benzene rings is 2. The highest BCUT2D eigenvalue weighted by Crippen LogP contribution is 2.28. The number of hydrogen-bond donors (Lipinski definition) is 2. The van der Waals surface area contributed by atoms with E-state index in [1.54, 1.807) is 0 Å². The molecule has 0 unspecified atom stereocenters. The van der Waals surface area contributed by atoms with E-state index in [4.69, 9.17) is 22.1 Å². The number of carbonyl (C=O) groups excluding carboxylic acids is 1. The molecule has 0 aliphatic rings. The number of alkyl carbamates (subject to hydrolysis) is 1. The largest absolute Gasteiger partial charge is 0.444 e. The molecule has 0 aromatic heterocycles. The Kier molecular flexibility index (Phi) is 5.16. The summed E-state index contributed by atoms with van der Waals surface area (Å²) in [5.41, 5.74) is 9.02. The first-order chi connectivity index (χ1) is 10.7. The molecule has 122 valence electrons. The van der Waals surface area contributed by atoms with Crippen LogP contribution in [0.15, 0.2) is 42.5 Å². The molecule has 0 radical (unpaired) electrons. The van der Waals surface area contributed by atoms with Crippen LogP contribution in [0.25, 0.3) is 11.1 Å². The number of anilines is 1. The van der Waals surface area contributed by atoms with Crippen molar-refractivity contribution >= 4 is 23.4 Å². The first-order valence-electron chi connectivity index (χ1n) is 7.36. The molecule has 2 rings (SSSR count). The van der Waals surface area contributed by atoms with Crippen molar-refractivity contribution in [3.05, 3.63) is 53.1 Å². The van der Waals surface area contributed by atoms with Gasteiger partial charge in [-0.25, -0.2) is 4.79 Å². The molecule has 5 heteroatoms. The molecule has 0 saturated heterocycles. The second kappa shape index (κ2) is 6.92. The van der Waals surface area contributed by atoms with Gasteiger partial charge in [0, 0.05) is 22.8 Å². The third-order valence-corrected chi connectivity index (χ3v) is 3.32. The minimum atomic E-state index is -0.514. The molecule has 1 amide bonds. The van der Waals surface area contributed by atoms with Gasteiger partial charge in [0.25, 0.3) is 0 Å². The fourth-order valence-electron chi connectivity index (χ4n) is 2.13. The second-order valence-electron chi connectivity index (χ2n) is 6.29. The van der Waals surface area contributed by atoms with Gasteiger partial charge < -0.3 is 15.8 Å². The van der Waals surface area contributed by atoms with Gasteiger partial charge >= 0.3 is 6.09 Å². The van der Waals surface area contributed by atoms with Gasteiger partial charge in [-0.2, -0.15) is 0 Å². The zero-order valence-corrected chi connectivity index (χ0v) is 14.3. The van der Waals surface area contributed by atoms with Crippen molar-refractivity contribution in [2.24, 2.45) is 0 Å². The van der Waals surface area contributed by atoms with Crippen LogP contribution in [0.5, 0.6) is 0 Å². The van der Waals surface area contributed by atoms with E-state index in [-0.39, 0.29) is 0 Å². The van der Waals surface area contributed by atoms with E-state index in [2.05, 4.69) is 5.32 Å². The van der Waals surface area contributed by atoms with Crippen LogP contribution in [0.1, 0.15) is 26.3 Å². The van der Waals surface area contributed by atoms with Gasteiger partial charge in [-0.3, -0.25) is 0 Å². The number of nitrogens with two attached hydrogens (primary N) is 1. The van der Waals surface area contributed by atoms with Crippen molar-refractivity contribution < 1.29 is 9.53 Å². The fraction of sp³-hybridized carbons (Fsp3) is 0.278. The summed E-state index contributed by atoms with van der Waals surface area (Å²) in [6.07, 6.45) is -0.449. The first-order valence-corrected chi connectivity index (χ1v) is 7.73. The number of nitrogen functional groups attached to an aromatic ring is 1. The molecule has 0 bridgehead atoms. The number of carbonyl (C=O) groups is 1. The molecule has 4 nitrogen and oxygen atoms in total. The maximum atomic E-state index is 11.7. The first kappa shape index (κ1) is 17.2. The minimum Gasteiger partial charge on any atom is -0.444 e. The summed E-state index contributed by atoms with van der Waals surface area (Å²) in [7, 11) is 0. The van der Waals surface area contributed by atoms with Crippen LogP contribution >= 0.6 is 11.6 Å². The van der Waals surface area contributed by atoms with Crippen molar-refractivity contribution in [2.75, 3.05) is 5.73 Å². The van der Waals surface area contributed by atoms with E-state index in [0.717, 1.165) is 16.7 Å². The minimum absolute atomic E-state index is 0.356. The van der Waals surface area contributed by atoms with Crippen LogP contribution in [0, 0.1) is 0 Å². The van der Waals surface area contributed by atoms with E-state index in [1.165, 1.54) is 0 Å². The molecular weight excluding hydrogens is 312 g/mol. The summed E-state index contributed by atoms with van der Waals surface area (Å²) >= 11 is 6.01. The maximum Gasteiger partial charge on any atom is 0.407 e. The van der Waals surface area contributed by atoms with Gasteiger partial charge in [-0.15, -0.1) is 0 Å². The number of hydrogen-bond acceptors (Lipinski definition) is 3. The highest BCUT2D eigenvalue weighted by atomic mass is 35.5. The Morgan fingerprint density at radius 2 is 1.96 bits per heavy atom. The molecule has 3 N–H and O–H groups in total. The summed E-state index contributed by atoms with van der Waals surface area (Å²) in [6, 6.07) is 13.2. The van der Waals surface area contributed by atoms with Gasteiger partial charge in [0.2, 0.25) is 0 Å². The molecule has 0 aliphatic heterocycles. The summed E-state index contributed by atoms with van der Waals surface area (Å²) in [6.45, 7) is 5.83. The summed E-state index contributed by atoms with van der Waals surface area (Å²) in [4.78, 5) is 11.7.